The van der Waals surface area contributed by atoms with Gasteiger partial charge in [0.25, 0.3) is 0 Å². The van der Waals surface area contributed by atoms with Crippen LogP contribution < -0.4 is 10.1 Å². The number of carboxylic acids is 1. The lowest BCUT2D eigenvalue weighted by atomic mass is 10.0. The fourth-order valence-electron chi connectivity index (χ4n) is 5.08. The normalized spacial score (nSPS) is 15.1. The Bertz CT molecular complexity index is 1920. The summed E-state index contributed by atoms with van der Waals surface area (Å²) < 4.78 is 40.0. The molecule has 0 radical (unpaired) electrons. The van der Waals surface area contributed by atoms with Gasteiger partial charge in [0, 0.05) is 30.4 Å². The van der Waals surface area contributed by atoms with E-state index in [1.165, 1.54) is 0 Å². The molecule has 0 aliphatic carbocycles. The Balaban J connectivity index is 0.000000537. The number of anilines is 1. The van der Waals surface area contributed by atoms with Crippen LogP contribution in [-0.2, 0) is 29.1 Å². The van der Waals surface area contributed by atoms with E-state index in [0.717, 1.165) is 27.6 Å². The zero-order valence-electron chi connectivity index (χ0n) is 24.5. The van der Waals surface area contributed by atoms with Crippen LogP contribution in [0.15, 0.2) is 97.5 Å². The fraction of sp³-hybridized carbons (Fsp3) is 0.176. The van der Waals surface area contributed by atoms with Crippen LogP contribution in [0.25, 0.3) is 10.8 Å². The molecule has 234 valence electrons. The van der Waals surface area contributed by atoms with Crippen molar-refractivity contribution in [2.75, 3.05) is 12.4 Å². The van der Waals surface area contributed by atoms with Gasteiger partial charge in [-0.15, -0.1) is 0 Å². The van der Waals surface area contributed by atoms with Crippen molar-refractivity contribution in [2.45, 2.75) is 31.7 Å². The fourth-order valence-corrected chi connectivity index (χ4v) is 5.08. The largest absolute Gasteiger partial charge is 0.490 e. The van der Waals surface area contributed by atoms with Gasteiger partial charge in [-0.2, -0.15) is 18.4 Å². The van der Waals surface area contributed by atoms with E-state index in [9.17, 15) is 23.2 Å². The summed E-state index contributed by atoms with van der Waals surface area (Å²) in [5.74, 6) is -1.77. The lowest BCUT2D eigenvalue weighted by Gasteiger charge is -2.28. The van der Waals surface area contributed by atoms with Gasteiger partial charge in [-0.05, 0) is 60.3 Å². The molecule has 12 heteroatoms. The number of nitriles is 1. The Labute approximate surface area is 262 Å². The minimum absolute atomic E-state index is 0.0877. The molecule has 0 saturated heterocycles. The molecule has 0 saturated carbocycles. The lowest BCUT2D eigenvalue weighted by molar-refractivity contribution is -0.192. The number of amides is 1. The third-order valence-corrected chi connectivity index (χ3v) is 7.42. The lowest BCUT2D eigenvalue weighted by Crippen LogP contribution is -2.43. The standard InChI is InChI=1S/C32H27N5O2.C2HF3O2/c1-36-20-26-18-34-21-37(26)19-23-10-11-25(17-33)31(15-23)39-27-13-12-24-8-5-9-29(28(24)16-27)35-32(38)30(36)14-22-6-3-2-4-7-22;3-2(4,5)1(6)7/h2-13,15-16,18,21,30H,14,19-20H2,1H3,(H,35,38);(H,6,7)/t30-;/m0./s1. The van der Waals surface area contributed by atoms with Crippen molar-refractivity contribution in [1.82, 2.24) is 14.5 Å². The van der Waals surface area contributed by atoms with Gasteiger partial charge < -0.3 is 19.7 Å². The van der Waals surface area contributed by atoms with E-state index in [4.69, 9.17) is 14.6 Å². The number of benzene rings is 4. The minimum atomic E-state index is -5.08. The molecule has 1 atom stereocenters. The van der Waals surface area contributed by atoms with Crippen molar-refractivity contribution < 1.29 is 32.6 Å². The predicted molar refractivity (Wildman–Crippen MR) is 164 cm³/mol. The van der Waals surface area contributed by atoms with Crippen molar-refractivity contribution in [3.05, 3.63) is 120 Å². The highest BCUT2D eigenvalue weighted by molar-refractivity contribution is 6.04. The molecule has 0 unspecified atom stereocenters. The second-order valence-electron chi connectivity index (χ2n) is 10.7. The van der Waals surface area contributed by atoms with E-state index in [-0.39, 0.29) is 5.91 Å². The first kappa shape index (κ1) is 31.7. The van der Waals surface area contributed by atoms with Crippen LogP contribution in [0.4, 0.5) is 18.9 Å². The first-order valence-electron chi connectivity index (χ1n) is 14.1. The monoisotopic (exact) mass is 627 g/mol. The Morgan fingerprint density at radius 3 is 2.54 bits per heavy atom. The molecule has 46 heavy (non-hydrogen) atoms. The van der Waals surface area contributed by atoms with E-state index < -0.39 is 18.2 Å². The third-order valence-electron chi connectivity index (χ3n) is 7.42. The molecule has 6 rings (SSSR count). The van der Waals surface area contributed by atoms with Crippen LogP contribution in [-0.4, -0.2) is 50.7 Å². The molecular weight excluding hydrogens is 599 g/mol. The molecule has 0 spiro atoms. The second kappa shape index (κ2) is 13.5. The number of imidazole rings is 1. The number of ether oxygens (including phenoxy) is 1. The topological polar surface area (TPSA) is 120 Å². The SMILES string of the molecule is CN1Cc2cncn2Cc2ccc(C#N)c(c2)Oc2ccc3cccc(c3c2)NC(=O)[C@@H]1Cc1ccccc1.O=C(O)C(F)(F)F. The van der Waals surface area contributed by atoms with Gasteiger partial charge in [0.1, 0.15) is 17.6 Å². The number of carboxylic acid groups (broad SMARTS) is 1. The van der Waals surface area contributed by atoms with Gasteiger partial charge in [-0.25, -0.2) is 9.78 Å². The number of carbonyl (C=O) groups excluding carboxylic acids is 1. The van der Waals surface area contributed by atoms with Crippen LogP contribution in [0, 0.1) is 11.3 Å². The smallest absolute Gasteiger partial charge is 0.475 e. The molecule has 1 amide bonds. The first-order valence-corrected chi connectivity index (χ1v) is 14.1. The summed E-state index contributed by atoms with van der Waals surface area (Å²) in [6.45, 7) is 1.09. The molecule has 1 aromatic heterocycles. The molecule has 1 aliphatic rings. The van der Waals surface area contributed by atoms with Crippen LogP contribution in [0.2, 0.25) is 0 Å². The summed E-state index contributed by atoms with van der Waals surface area (Å²) in [6.07, 6.45) is -0.888. The van der Waals surface area contributed by atoms with Gasteiger partial charge in [-0.3, -0.25) is 9.69 Å². The Kier molecular flexibility index (Phi) is 9.34. The zero-order valence-corrected chi connectivity index (χ0v) is 24.5. The highest BCUT2D eigenvalue weighted by Crippen LogP contribution is 2.32. The van der Waals surface area contributed by atoms with Crippen LogP contribution in [0.1, 0.15) is 22.4 Å². The van der Waals surface area contributed by atoms with Gasteiger partial charge in [0.2, 0.25) is 5.91 Å². The minimum Gasteiger partial charge on any atom is -0.475 e. The van der Waals surface area contributed by atoms with E-state index in [0.29, 0.717) is 42.3 Å². The van der Waals surface area contributed by atoms with Crippen molar-refractivity contribution >= 4 is 28.3 Å². The molecule has 4 aromatic carbocycles. The highest BCUT2D eigenvalue weighted by Gasteiger charge is 2.38. The molecule has 1 aliphatic heterocycles. The average molecular weight is 628 g/mol. The van der Waals surface area contributed by atoms with Gasteiger partial charge in [0.05, 0.1) is 23.6 Å². The maximum absolute atomic E-state index is 13.9. The van der Waals surface area contributed by atoms with Crippen molar-refractivity contribution in [1.29, 1.82) is 5.26 Å². The summed E-state index contributed by atoms with van der Waals surface area (Å²) in [7, 11) is 1.97. The number of fused-ring (bicyclic) bond motifs is 4. The Morgan fingerprint density at radius 1 is 1.07 bits per heavy atom. The van der Waals surface area contributed by atoms with E-state index in [1.807, 2.05) is 92.1 Å². The number of nitrogens with zero attached hydrogens (tertiary/aromatic N) is 4. The summed E-state index contributed by atoms with van der Waals surface area (Å²) >= 11 is 0. The number of likely N-dealkylation sites (N-methyl/N-ethyl adjacent to an activating group) is 1. The number of rotatable bonds is 2. The molecule has 9 nitrogen and oxygen atoms in total. The van der Waals surface area contributed by atoms with Crippen LogP contribution >= 0.6 is 0 Å². The summed E-state index contributed by atoms with van der Waals surface area (Å²) in [4.78, 5) is 29.2. The number of hydrogen-bond donors (Lipinski definition) is 2. The summed E-state index contributed by atoms with van der Waals surface area (Å²) in [5.41, 5.74) is 4.22. The maximum Gasteiger partial charge on any atom is 0.490 e. The number of nitrogens with one attached hydrogen (secondary N) is 1. The second-order valence-corrected chi connectivity index (χ2v) is 10.7. The summed E-state index contributed by atoms with van der Waals surface area (Å²) in [5, 5.41) is 21.9. The summed E-state index contributed by atoms with van der Waals surface area (Å²) in [6, 6.07) is 29.1. The molecule has 5 aromatic rings. The Morgan fingerprint density at radius 2 is 1.83 bits per heavy atom. The number of alkyl halides is 3. The number of aromatic nitrogens is 2. The van der Waals surface area contributed by atoms with Crippen molar-refractivity contribution in [3.8, 4) is 17.6 Å². The van der Waals surface area contributed by atoms with E-state index in [2.05, 4.69) is 25.8 Å². The highest BCUT2D eigenvalue weighted by atomic mass is 19.4. The number of carbonyl (C=O) groups is 2. The first-order chi connectivity index (χ1) is 22.0. The zero-order chi connectivity index (χ0) is 32.8. The van der Waals surface area contributed by atoms with Gasteiger partial charge in [-0.1, -0.05) is 54.6 Å². The molecule has 2 heterocycles. The average Bonchev–Trinajstić information content (AvgIpc) is 3.46. The number of halogens is 3. The molecule has 2 N–H and O–H groups in total. The predicted octanol–water partition coefficient (Wildman–Crippen LogP) is 6.38. The van der Waals surface area contributed by atoms with Crippen molar-refractivity contribution in [3.63, 3.8) is 0 Å². The molecular formula is C34H28F3N5O4. The quantitative estimate of drug-likeness (QED) is 0.233. The molecule has 0 fully saturated rings. The van der Waals surface area contributed by atoms with Crippen LogP contribution in [0.5, 0.6) is 11.5 Å². The van der Waals surface area contributed by atoms with Crippen molar-refractivity contribution in [2.24, 2.45) is 0 Å². The third kappa shape index (κ3) is 7.51. The maximum atomic E-state index is 13.9. The van der Waals surface area contributed by atoms with E-state index >= 15 is 0 Å². The van der Waals surface area contributed by atoms with Crippen LogP contribution in [0.3, 0.4) is 0 Å². The number of hydrogen-bond acceptors (Lipinski definition) is 6. The number of aliphatic carboxylic acids is 1. The van der Waals surface area contributed by atoms with Gasteiger partial charge >= 0.3 is 12.1 Å². The Hall–Kier alpha value is -5.67. The molecule has 4 bridgehead atoms. The van der Waals surface area contributed by atoms with E-state index in [1.54, 1.807) is 12.4 Å². The van der Waals surface area contributed by atoms with Gasteiger partial charge in [0.15, 0.2) is 0 Å².